The van der Waals surface area contributed by atoms with Crippen LogP contribution in [0.25, 0.3) is 11.3 Å². The van der Waals surface area contributed by atoms with Crippen LogP contribution < -0.4 is 4.57 Å². The number of benzene rings is 1. The van der Waals surface area contributed by atoms with Crippen LogP contribution in [0.3, 0.4) is 0 Å². The molecule has 90 valence electrons. The van der Waals surface area contributed by atoms with Gasteiger partial charge >= 0.3 is 0 Å². The van der Waals surface area contributed by atoms with Gasteiger partial charge in [-0.25, -0.2) is 13.3 Å². The van der Waals surface area contributed by atoms with E-state index in [0.29, 0.717) is 11.3 Å². The fourth-order valence-corrected chi connectivity index (χ4v) is 1.94. The summed E-state index contributed by atoms with van der Waals surface area (Å²) in [6, 6.07) is 8.05. The van der Waals surface area contributed by atoms with E-state index in [-0.39, 0.29) is 5.56 Å². The molecule has 0 unspecified atom stereocenters. The predicted molar refractivity (Wildman–Crippen MR) is 62.4 cm³/mol. The van der Waals surface area contributed by atoms with E-state index in [1.54, 1.807) is 42.9 Å². The van der Waals surface area contributed by atoms with Crippen molar-refractivity contribution in [2.45, 2.75) is 6.92 Å². The van der Waals surface area contributed by atoms with Crippen molar-refractivity contribution >= 4 is 0 Å². The summed E-state index contributed by atoms with van der Waals surface area (Å²) in [4.78, 5) is 0. The zero-order valence-corrected chi connectivity index (χ0v) is 10.0. The first kappa shape index (κ1) is 12.2. The van der Waals surface area contributed by atoms with Crippen molar-refractivity contribution in [3.05, 3.63) is 53.2 Å². The van der Waals surface area contributed by atoms with Crippen molar-refractivity contribution in [3.63, 3.8) is 0 Å². The minimum absolute atomic E-state index is 0.260. The van der Waals surface area contributed by atoms with Crippen LogP contribution >= 0.6 is 0 Å². The normalized spacial score (nSPS) is 10.2. The number of pyridine rings is 1. The Bertz CT molecular complexity index is 658. The van der Waals surface area contributed by atoms with E-state index in [2.05, 4.69) is 0 Å². The first-order chi connectivity index (χ1) is 8.56. The van der Waals surface area contributed by atoms with Crippen molar-refractivity contribution < 1.29 is 13.3 Å². The van der Waals surface area contributed by atoms with Gasteiger partial charge in [0.15, 0.2) is 12.0 Å². The molecule has 0 saturated carbocycles. The molecule has 4 heteroatoms. The fourth-order valence-electron chi connectivity index (χ4n) is 1.94. The number of nitrogens with zero attached hydrogens (tertiary/aromatic N) is 2. The number of aromatic nitrogens is 1. The summed E-state index contributed by atoms with van der Waals surface area (Å²) in [5.41, 5.74) is 0.783. The average molecular weight is 245 g/mol. The van der Waals surface area contributed by atoms with Crippen molar-refractivity contribution in [2.24, 2.45) is 7.05 Å². The molecular formula is C14H11F2N2+. The van der Waals surface area contributed by atoms with Gasteiger partial charge in [0.2, 0.25) is 5.69 Å². The average Bonchev–Trinajstić information content (AvgIpc) is 2.31. The van der Waals surface area contributed by atoms with Crippen LogP contribution in [0.15, 0.2) is 30.5 Å². The second kappa shape index (κ2) is 4.53. The van der Waals surface area contributed by atoms with Gasteiger partial charge in [-0.3, -0.25) is 0 Å². The van der Waals surface area contributed by atoms with E-state index in [4.69, 9.17) is 5.26 Å². The molecule has 1 aromatic carbocycles. The highest BCUT2D eigenvalue weighted by Crippen LogP contribution is 2.27. The Morgan fingerprint density at radius 3 is 2.61 bits per heavy atom. The Morgan fingerprint density at radius 2 is 2.00 bits per heavy atom. The maximum atomic E-state index is 14.2. The van der Waals surface area contributed by atoms with E-state index in [9.17, 15) is 8.78 Å². The zero-order valence-electron chi connectivity index (χ0n) is 10.0. The lowest BCUT2D eigenvalue weighted by Gasteiger charge is -2.07. The van der Waals surface area contributed by atoms with Gasteiger partial charge in [-0.15, -0.1) is 0 Å². The van der Waals surface area contributed by atoms with Crippen LogP contribution in [-0.4, -0.2) is 0 Å². The summed E-state index contributed by atoms with van der Waals surface area (Å²) in [6.45, 7) is 1.62. The van der Waals surface area contributed by atoms with E-state index < -0.39 is 17.2 Å². The van der Waals surface area contributed by atoms with Gasteiger partial charge in [-0.05, 0) is 24.6 Å². The van der Waals surface area contributed by atoms with Crippen LogP contribution in [0.2, 0.25) is 0 Å². The molecule has 18 heavy (non-hydrogen) atoms. The molecule has 0 aliphatic rings. The number of nitriles is 1. The molecule has 0 bridgehead atoms. The third-order valence-electron chi connectivity index (χ3n) is 2.84. The number of aryl methyl sites for hydroxylation is 2. The van der Waals surface area contributed by atoms with E-state index >= 15 is 0 Å². The first-order valence-corrected chi connectivity index (χ1v) is 5.40. The van der Waals surface area contributed by atoms with Gasteiger partial charge in [0.1, 0.15) is 24.5 Å². The number of rotatable bonds is 1. The number of halogens is 2. The molecule has 0 radical (unpaired) electrons. The predicted octanol–water partition coefficient (Wildman–Crippen LogP) is 2.64. The molecule has 2 rings (SSSR count). The Hall–Kier alpha value is -2.28. The first-order valence-electron chi connectivity index (χ1n) is 5.40. The summed E-state index contributed by atoms with van der Waals surface area (Å²) >= 11 is 0. The van der Waals surface area contributed by atoms with E-state index in [1.165, 1.54) is 6.07 Å². The highest BCUT2D eigenvalue weighted by Gasteiger charge is 2.22. The van der Waals surface area contributed by atoms with Crippen LogP contribution in [-0.2, 0) is 7.05 Å². The largest absolute Gasteiger partial charge is 0.215 e. The molecule has 1 heterocycles. The Kier molecular flexibility index (Phi) is 3.07. The third-order valence-corrected chi connectivity index (χ3v) is 2.84. The van der Waals surface area contributed by atoms with Gasteiger partial charge in [-0.1, -0.05) is 0 Å². The van der Waals surface area contributed by atoms with Crippen molar-refractivity contribution in [1.82, 2.24) is 0 Å². The lowest BCUT2D eigenvalue weighted by Crippen LogP contribution is -2.30. The second-order valence-electron chi connectivity index (χ2n) is 4.05. The van der Waals surface area contributed by atoms with Gasteiger partial charge in [0, 0.05) is 12.1 Å². The lowest BCUT2D eigenvalue weighted by molar-refractivity contribution is -0.660. The lowest BCUT2D eigenvalue weighted by atomic mass is 10.00. The number of hydrogen-bond acceptors (Lipinski definition) is 1. The molecule has 1 aromatic heterocycles. The summed E-state index contributed by atoms with van der Waals surface area (Å²) in [5.74, 6) is -1.63. The van der Waals surface area contributed by atoms with Crippen molar-refractivity contribution in [3.8, 4) is 17.3 Å². The Balaban J connectivity index is 2.81. The Morgan fingerprint density at radius 1 is 1.28 bits per heavy atom. The molecule has 0 fully saturated rings. The zero-order chi connectivity index (χ0) is 13.3. The fraction of sp³-hybridized carbons (Fsp3) is 0.143. The van der Waals surface area contributed by atoms with E-state index in [1.807, 2.05) is 6.07 Å². The quantitative estimate of drug-likeness (QED) is 0.710. The molecule has 0 N–H and O–H groups in total. The smallest absolute Gasteiger partial charge is 0.205 e. The van der Waals surface area contributed by atoms with Crippen LogP contribution in [0.5, 0.6) is 0 Å². The molecule has 0 aliphatic heterocycles. The minimum atomic E-state index is -0.824. The van der Waals surface area contributed by atoms with Crippen LogP contribution in [0, 0.1) is 29.9 Å². The van der Waals surface area contributed by atoms with Gasteiger partial charge in [0.25, 0.3) is 0 Å². The third kappa shape index (κ3) is 1.84. The monoisotopic (exact) mass is 245 g/mol. The van der Waals surface area contributed by atoms with Gasteiger partial charge in [0.05, 0.1) is 5.56 Å². The molecule has 0 saturated heterocycles. The summed E-state index contributed by atoms with van der Waals surface area (Å²) in [5, 5.41) is 8.79. The minimum Gasteiger partial charge on any atom is -0.205 e. The molecule has 0 aliphatic carbocycles. The molecule has 0 spiro atoms. The summed E-state index contributed by atoms with van der Waals surface area (Å²) in [7, 11) is 1.77. The highest BCUT2D eigenvalue weighted by atomic mass is 19.1. The second-order valence-corrected chi connectivity index (χ2v) is 4.05. The van der Waals surface area contributed by atoms with E-state index in [0.717, 1.165) is 0 Å². The topological polar surface area (TPSA) is 27.7 Å². The molecular weight excluding hydrogens is 234 g/mol. The van der Waals surface area contributed by atoms with Crippen molar-refractivity contribution in [2.75, 3.05) is 0 Å². The molecule has 2 nitrogen and oxygen atoms in total. The molecule has 2 aromatic rings. The Labute approximate surface area is 104 Å². The highest BCUT2D eigenvalue weighted by molar-refractivity contribution is 5.64. The van der Waals surface area contributed by atoms with Gasteiger partial charge < -0.3 is 0 Å². The molecule has 0 amide bonds. The van der Waals surface area contributed by atoms with Crippen molar-refractivity contribution in [1.29, 1.82) is 5.26 Å². The standard InChI is InChI=1S/C14H11F2N2/c1-9-7-11(15)10(8-17)14(16)13(9)12-5-3-4-6-18(12)2/h3-7H,1-2H3/q+1. The maximum absolute atomic E-state index is 14.2. The number of hydrogen-bond donors (Lipinski definition) is 0. The van der Waals surface area contributed by atoms with Gasteiger partial charge in [-0.2, -0.15) is 5.26 Å². The summed E-state index contributed by atoms with van der Waals surface area (Å²) < 4.78 is 29.3. The van der Waals surface area contributed by atoms with Crippen LogP contribution in [0.1, 0.15) is 11.1 Å². The SMILES string of the molecule is Cc1cc(F)c(C#N)c(F)c1-c1cccc[n+]1C. The van der Waals surface area contributed by atoms with Crippen LogP contribution in [0.4, 0.5) is 8.78 Å². The summed E-state index contributed by atoms with van der Waals surface area (Å²) in [6.07, 6.45) is 1.77. The molecule has 0 atom stereocenters. The maximum Gasteiger partial charge on any atom is 0.215 e.